The number of nitrogens with one attached hydrogen (secondary N) is 2. The third-order valence-electron chi connectivity index (χ3n) is 2.51. The molecule has 0 atom stereocenters. The molecular weight excluding hydrogens is 216 g/mol. The first kappa shape index (κ1) is 11.4. The van der Waals surface area contributed by atoms with Gasteiger partial charge in [-0.15, -0.1) is 0 Å². The molecule has 17 heavy (non-hydrogen) atoms. The summed E-state index contributed by atoms with van der Waals surface area (Å²) in [6.45, 7) is 2.81. The van der Waals surface area contributed by atoms with Crippen LogP contribution in [0.1, 0.15) is 17.8 Å². The van der Waals surface area contributed by atoms with E-state index in [9.17, 15) is 0 Å². The van der Waals surface area contributed by atoms with Crippen LogP contribution >= 0.6 is 0 Å². The monoisotopic (exact) mass is 232 g/mol. The molecule has 0 fully saturated rings. The first-order valence-corrected chi connectivity index (χ1v) is 5.56. The van der Waals surface area contributed by atoms with Gasteiger partial charge in [0.25, 0.3) is 0 Å². The van der Waals surface area contributed by atoms with E-state index < -0.39 is 0 Å². The number of nitrogens with zero attached hydrogens (tertiary/aromatic N) is 3. The molecule has 90 valence electrons. The van der Waals surface area contributed by atoms with E-state index in [1.54, 1.807) is 6.20 Å². The summed E-state index contributed by atoms with van der Waals surface area (Å²) in [6, 6.07) is 1.95. The maximum atomic E-state index is 5.70. The molecule has 2 rings (SSSR count). The SMILES string of the molecule is Cc1cc(NCCCc2ncn[nH]2)ncc1N. The predicted octanol–water partition coefficient (Wildman–Crippen LogP) is 1.14. The number of rotatable bonds is 5. The van der Waals surface area contributed by atoms with Crippen LogP contribution in [0.5, 0.6) is 0 Å². The Balaban J connectivity index is 1.76. The third-order valence-corrected chi connectivity index (χ3v) is 2.51. The van der Waals surface area contributed by atoms with Gasteiger partial charge in [0.15, 0.2) is 0 Å². The van der Waals surface area contributed by atoms with Gasteiger partial charge in [-0.1, -0.05) is 0 Å². The number of hydrogen-bond acceptors (Lipinski definition) is 5. The van der Waals surface area contributed by atoms with Crippen LogP contribution in [0.4, 0.5) is 11.5 Å². The molecule has 0 aliphatic heterocycles. The molecule has 0 aromatic carbocycles. The number of anilines is 2. The number of H-pyrrole nitrogens is 1. The Hall–Kier alpha value is -2.11. The molecule has 0 spiro atoms. The molecule has 6 heteroatoms. The fraction of sp³-hybridized carbons (Fsp3) is 0.364. The number of nitrogens with two attached hydrogens (primary N) is 1. The van der Waals surface area contributed by atoms with Gasteiger partial charge in [-0.3, -0.25) is 5.10 Å². The Labute approximate surface area is 99.7 Å². The lowest BCUT2D eigenvalue weighted by Gasteiger charge is -2.06. The van der Waals surface area contributed by atoms with Gasteiger partial charge in [0.2, 0.25) is 0 Å². The van der Waals surface area contributed by atoms with Crippen molar-refractivity contribution in [3.63, 3.8) is 0 Å². The van der Waals surface area contributed by atoms with Crippen molar-refractivity contribution in [3.05, 3.63) is 30.0 Å². The van der Waals surface area contributed by atoms with Crippen LogP contribution in [0, 0.1) is 6.92 Å². The zero-order valence-corrected chi connectivity index (χ0v) is 9.77. The number of aromatic nitrogens is 4. The predicted molar refractivity (Wildman–Crippen MR) is 66.6 cm³/mol. The largest absolute Gasteiger partial charge is 0.397 e. The lowest BCUT2D eigenvalue weighted by atomic mass is 10.2. The Morgan fingerprint density at radius 1 is 1.41 bits per heavy atom. The molecule has 4 N–H and O–H groups in total. The normalized spacial score (nSPS) is 10.4. The zero-order chi connectivity index (χ0) is 12.1. The Morgan fingerprint density at radius 2 is 2.29 bits per heavy atom. The lowest BCUT2D eigenvalue weighted by molar-refractivity contribution is 0.803. The van der Waals surface area contributed by atoms with Crippen LogP contribution < -0.4 is 11.1 Å². The van der Waals surface area contributed by atoms with Crippen molar-refractivity contribution in [2.24, 2.45) is 0 Å². The van der Waals surface area contributed by atoms with Crippen LogP contribution in [0.3, 0.4) is 0 Å². The molecule has 0 saturated heterocycles. The topological polar surface area (TPSA) is 92.5 Å². The molecule has 0 aliphatic carbocycles. The van der Waals surface area contributed by atoms with Gasteiger partial charge in [0, 0.05) is 13.0 Å². The average Bonchev–Trinajstić information content (AvgIpc) is 2.82. The van der Waals surface area contributed by atoms with Gasteiger partial charge in [-0.25, -0.2) is 9.97 Å². The van der Waals surface area contributed by atoms with E-state index in [2.05, 4.69) is 25.5 Å². The molecule has 0 radical (unpaired) electrons. The second-order valence-electron chi connectivity index (χ2n) is 3.89. The highest BCUT2D eigenvalue weighted by atomic mass is 15.2. The zero-order valence-electron chi connectivity index (χ0n) is 9.77. The van der Waals surface area contributed by atoms with Gasteiger partial charge >= 0.3 is 0 Å². The Bertz CT molecular complexity index is 465. The summed E-state index contributed by atoms with van der Waals surface area (Å²) in [5.41, 5.74) is 7.46. The van der Waals surface area contributed by atoms with Gasteiger partial charge in [0.05, 0.1) is 11.9 Å². The molecule has 2 heterocycles. The summed E-state index contributed by atoms with van der Waals surface area (Å²) < 4.78 is 0. The van der Waals surface area contributed by atoms with E-state index in [-0.39, 0.29) is 0 Å². The van der Waals surface area contributed by atoms with Crippen molar-refractivity contribution >= 4 is 11.5 Å². The molecule has 2 aromatic heterocycles. The summed E-state index contributed by atoms with van der Waals surface area (Å²) in [5.74, 6) is 1.77. The second kappa shape index (κ2) is 5.29. The van der Waals surface area contributed by atoms with E-state index >= 15 is 0 Å². The van der Waals surface area contributed by atoms with Crippen LogP contribution in [-0.4, -0.2) is 26.7 Å². The summed E-state index contributed by atoms with van der Waals surface area (Å²) >= 11 is 0. The maximum Gasteiger partial charge on any atom is 0.137 e. The highest BCUT2D eigenvalue weighted by Gasteiger charge is 1.99. The molecule has 6 nitrogen and oxygen atoms in total. The Kier molecular flexibility index (Phi) is 3.54. The first-order chi connectivity index (χ1) is 8.25. The van der Waals surface area contributed by atoms with Crippen LogP contribution in [-0.2, 0) is 6.42 Å². The molecule has 0 bridgehead atoms. The number of aryl methyl sites for hydroxylation is 2. The van der Waals surface area contributed by atoms with Crippen molar-refractivity contribution in [1.82, 2.24) is 20.2 Å². The van der Waals surface area contributed by atoms with Crippen molar-refractivity contribution in [2.75, 3.05) is 17.6 Å². The van der Waals surface area contributed by atoms with Crippen molar-refractivity contribution in [1.29, 1.82) is 0 Å². The first-order valence-electron chi connectivity index (χ1n) is 5.56. The number of hydrogen-bond donors (Lipinski definition) is 3. The highest BCUT2D eigenvalue weighted by Crippen LogP contribution is 2.12. The molecular formula is C11H16N6. The molecule has 2 aromatic rings. The third kappa shape index (κ3) is 3.17. The van der Waals surface area contributed by atoms with Gasteiger partial charge in [0.1, 0.15) is 18.0 Å². The second-order valence-corrected chi connectivity index (χ2v) is 3.89. The molecule has 0 saturated carbocycles. The van der Waals surface area contributed by atoms with E-state index in [0.717, 1.165) is 42.3 Å². The van der Waals surface area contributed by atoms with Crippen LogP contribution in [0.2, 0.25) is 0 Å². The summed E-state index contributed by atoms with van der Waals surface area (Å²) in [5, 5.41) is 9.88. The minimum atomic E-state index is 0.720. The van der Waals surface area contributed by atoms with Crippen molar-refractivity contribution in [3.8, 4) is 0 Å². The molecule has 0 amide bonds. The molecule has 0 unspecified atom stereocenters. The average molecular weight is 232 g/mol. The Morgan fingerprint density at radius 3 is 3.00 bits per heavy atom. The quantitative estimate of drug-likeness (QED) is 0.672. The fourth-order valence-corrected chi connectivity index (χ4v) is 1.49. The summed E-state index contributed by atoms with van der Waals surface area (Å²) in [7, 11) is 0. The number of nitrogen functional groups attached to an aromatic ring is 1. The number of pyridine rings is 1. The maximum absolute atomic E-state index is 5.70. The molecule has 0 aliphatic rings. The van der Waals surface area contributed by atoms with E-state index in [0.29, 0.717) is 0 Å². The van der Waals surface area contributed by atoms with Gasteiger partial charge in [-0.05, 0) is 25.0 Å². The lowest BCUT2D eigenvalue weighted by Crippen LogP contribution is -2.06. The van der Waals surface area contributed by atoms with E-state index in [4.69, 9.17) is 5.73 Å². The number of aromatic amines is 1. The minimum absolute atomic E-state index is 0.720. The standard InChI is InChI=1S/C11H16N6/c1-8-5-11(14-6-9(8)12)13-4-2-3-10-15-7-16-17-10/h5-7H,2-4,12H2,1H3,(H,13,14)(H,15,16,17). The van der Waals surface area contributed by atoms with Gasteiger partial charge in [-0.2, -0.15) is 5.10 Å². The van der Waals surface area contributed by atoms with Crippen LogP contribution in [0.25, 0.3) is 0 Å². The van der Waals surface area contributed by atoms with Crippen molar-refractivity contribution in [2.45, 2.75) is 19.8 Å². The fourth-order valence-electron chi connectivity index (χ4n) is 1.49. The highest BCUT2D eigenvalue weighted by molar-refractivity contribution is 5.50. The van der Waals surface area contributed by atoms with Crippen molar-refractivity contribution < 1.29 is 0 Å². The minimum Gasteiger partial charge on any atom is -0.397 e. The van der Waals surface area contributed by atoms with Crippen LogP contribution in [0.15, 0.2) is 18.6 Å². The smallest absolute Gasteiger partial charge is 0.137 e. The van der Waals surface area contributed by atoms with Gasteiger partial charge < -0.3 is 11.1 Å². The van der Waals surface area contributed by atoms with E-state index in [1.807, 2.05) is 13.0 Å². The van der Waals surface area contributed by atoms with E-state index in [1.165, 1.54) is 6.33 Å². The summed E-state index contributed by atoms with van der Waals surface area (Å²) in [4.78, 5) is 8.26. The summed E-state index contributed by atoms with van der Waals surface area (Å²) in [6.07, 6.45) is 5.04.